The van der Waals surface area contributed by atoms with Gasteiger partial charge in [0.15, 0.2) is 0 Å². The van der Waals surface area contributed by atoms with E-state index in [0.29, 0.717) is 16.3 Å². The zero-order chi connectivity index (χ0) is 18.6. The minimum absolute atomic E-state index is 0.166. The minimum atomic E-state index is -0.786. The third kappa shape index (κ3) is 4.79. The van der Waals surface area contributed by atoms with Crippen LogP contribution in [0.15, 0.2) is 42.5 Å². The molecule has 0 spiro atoms. The molecule has 0 aromatic heterocycles. The number of benzene rings is 2. The van der Waals surface area contributed by atoms with Crippen LogP contribution in [0.2, 0.25) is 5.02 Å². The van der Waals surface area contributed by atoms with E-state index in [4.69, 9.17) is 11.6 Å². The number of anilines is 1. The van der Waals surface area contributed by atoms with Crippen molar-refractivity contribution in [3.05, 3.63) is 64.4 Å². The van der Waals surface area contributed by atoms with E-state index < -0.39 is 23.7 Å². The fourth-order valence-corrected chi connectivity index (χ4v) is 2.56. The molecule has 0 bridgehead atoms. The number of halogens is 2. The van der Waals surface area contributed by atoms with Crippen LogP contribution in [-0.4, -0.2) is 17.9 Å². The molecule has 2 aromatic rings. The highest BCUT2D eigenvalue weighted by molar-refractivity contribution is 6.33. The first-order chi connectivity index (χ1) is 11.8. The summed E-state index contributed by atoms with van der Waals surface area (Å²) in [4.78, 5) is 25.0. The lowest BCUT2D eigenvalue weighted by Crippen LogP contribution is -2.47. The Morgan fingerprint density at radius 2 is 1.80 bits per heavy atom. The fourth-order valence-electron chi connectivity index (χ4n) is 2.34. The van der Waals surface area contributed by atoms with Gasteiger partial charge in [-0.1, -0.05) is 43.6 Å². The maximum atomic E-state index is 13.4. The summed E-state index contributed by atoms with van der Waals surface area (Å²) in [5.41, 5.74) is 1.40. The van der Waals surface area contributed by atoms with Crippen molar-refractivity contribution in [1.82, 2.24) is 5.32 Å². The van der Waals surface area contributed by atoms with E-state index in [1.807, 2.05) is 13.8 Å². The molecule has 0 heterocycles. The second-order valence-corrected chi connectivity index (χ2v) is 6.53. The van der Waals surface area contributed by atoms with E-state index in [1.165, 1.54) is 12.1 Å². The highest BCUT2D eigenvalue weighted by Gasteiger charge is 2.25. The second kappa shape index (κ2) is 8.12. The summed E-state index contributed by atoms with van der Waals surface area (Å²) in [6.07, 6.45) is 0. The van der Waals surface area contributed by atoms with Crippen LogP contribution in [0, 0.1) is 18.7 Å². The van der Waals surface area contributed by atoms with Crippen molar-refractivity contribution >= 4 is 29.1 Å². The third-order valence-electron chi connectivity index (χ3n) is 3.81. The predicted molar refractivity (Wildman–Crippen MR) is 97.3 cm³/mol. The van der Waals surface area contributed by atoms with E-state index >= 15 is 0 Å². The van der Waals surface area contributed by atoms with Crippen molar-refractivity contribution < 1.29 is 14.0 Å². The van der Waals surface area contributed by atoms with Crippen molar-refractivity contribution in [2.24, 2.45) is 5.92 Å². The smallest absolute Gasteiger partial charge is 0.253 e. The zero-order valence-electron chi connectivity index (χ0n) is 14.3. The van der Waals surface area contributed by atoms with E-state index in [9.17, 15) is 14.0 Å². The van der Waals surface area contributed by atoms with Crippen LogP contribution in [0.1, 0.15) is 29.8 Å². The fraction of sp³-hybridized carbons (Fsp3) is 0.263. The molecule has 6 heteroatoms. The number of rotatable bonds is 5. The maximum Gasteiger partial charge on any atom is 0.253 e. The lowest BCUT2D eigenvalue weighted by atomic mass is 10.0. The van der Waals surface area contributed by atoms with Gasteiger partial charge in [-0.15, -0.1) is 0 Å². The first-order valence-corrected chi connectivity index (χ1v) is 8.29. The van der Waals surface area contributed by atoms with Gasteiger partial charge in [0.2, 0.25) is 5.91 Å². The van der Waals surface area contributed by atoms with Crippen LogP contribution in [0.25, 0.3) is 0 Å². The molecule has 0 radical (unpaired) electrons. The largest absolute Gasteiger partial charge is 0.340 e. The Hall–Kier alpha value is -2.40. The number of amides is 2. The van der Waals surface area contributed by atoms with Crippen molar-refractivity contribution in [3.63, 3.8) is 0 Å². The first-order valence-electron chi connectivity index (χ1n) is 7.92. The van der Waals surface area contributed by atoms with Gasteiger partial charge in [0, 0.05) is 5.69 Å². The number of hydrogen-bond donors (Lipinski definition) is 2. The summed E-state index contributed by atoms with van der Waals surface area (Å²) in [7, 11) is 0. The van der Waals surface area contributed by atoms with Crippen molar-refractivity contribution in [3.8, 4) is 0 Å². The molecule has 2 amide bonds. The molecular weight excluding hydrogens is 343 g/mol. The molecule has 0 saturated heterocycles. The third-order valence-corrected chi connectivity index (χ3v) is 4.14. The quantitative estimate of drug-likeness (QED) is 0.838. The summed E-state index contributed by atoms with van der Waals surface area (Å²) in [5, 5.41) is 5.68. The molecule has 0 saturated carbocycles. The average molecular weight is 363 g/mol. The molecule has 0 aliphatic heterocycles. The van der Waals surface area contributed by atoms with Crippen LogP contribution in [-0.2, 0) is 4.79 Å². The molecule has 2 rings (SSSR count). The molecule has 0 aliphatic rings. The summed E-state index contributed by atoms with van der Waals surface area (Å²) in [5.74, 6) is -1.46. The van der Waals surface area contributed by atoms with Gasteiger partial charge in [0.05, 0.1) is 10.6 Å². The summed E-state index contributed by atoms with van der Waals surface area (Å²) in [6, 6.07) is 9.98. The monoisotopic (exact) mass is 362 g/mol. The van der Waals surface area contributed by atoms with Gasteiger partial charge in [-0.3, -0.25) is 9.59 Å². The molecular formula is C19H20ClFN2O2. The van der Waals surface area contributed by atoms with E-state index in [1.54, 1.807) is 37.3 Å². The Balaban J connectivity index is 2.17. The maximum absolute atomic E-state index is 13.4. The normalized spacial score (nSPS) is 11.9. The van der Waals surface area contributed by atoms with Crippen molar-refractivity contribution in [1.29, 1.82) is 0 Å². The molecule has 0 unspecified atom stereocenters. The molecule has 0 aliphatic carbocycles. The van der Waals surface area contributed by atoms with Gasteiger partial charge in [0.25, 0.3) is 5.91 Å². The van der Waals surface area contributed by atoms with Crippen molar-refractivity contribution in [2.75, 3.05) is 5.32 Å². The number of carbonyl (C=O) groups excluding carboxylic acids is 2. The number of hydrogen-bond acceptors (Lipinski definition) is 2. The Morgan fingerprint density at radius 1 is 1.12 bits per heavy atom. The Labute approximate surface area is 151 Å². The molecule has 2 N–H and O–H groups in total. The van der Waals surface area contributed by atoms with Gasteiger partial charge in [-0.25, -0.2) is 4.39 Å². The van der Waals surface area contributed by atoms with E-state index in [0.717, 1.165) is 5.56 Å². The van der Waals surface area contributed by atoms with E-state index in [-0.39, 0.29) is 5.92 Å². The number of carbonyl (C=O) groups is 2. The van der Waals surface area contributed by atoms with Crippen LogP contribution in [0.4, 0.5) is 10.1 Å². The summed E-state index contributed by atoms with van der Waals surface area (Å²) < 4.78 is 13.4. The van der Waals surface area contributed by atoms with Crippen LogP contribution >= 0.6 is 11.6 Å². The zero-order valence-corrected chi connectivity index (χ0v) is 15.0. The standard InChI is InChI=1S/C19H20ClFN2O2/c1-11(2)17(23-18(24)14-6-4-5-7-15(14)20)19(25)22-16-10-13(21)9-8-12(16)3/h4-11,17H,1-3H3,(H,22,25)(H,23,24)/t17-/m0/s1. The van der Waals surface area contributed by atoms with Crippen LogP contribution in [0.5, 0.6) is 0 Å². The summed E-state index contributed by atoms with van der Waals surface area (Å²) in [6.45, 7) is 5.40. The average Bonchev–Trinajstić information content (AvgIpc) is 2.55. The van der Waals surface area contributed by atoms with Crippen molar-refractivity contribution in [2.45, 2.75) is 26.8 Å². The first kappa shape index (κ1) is 18.9. The van der Waals surface area contributed by atoms with Gasteiger partial charge < -0.3 is 10.6 Å². The van der Waals surface area contributed by atoms with Gasteiger partial charge in [0.1, 0.15) is 11.9 Å². The molecule has 4 nitrogen and oxygen atoms in total. The lowest BCUT2D eigenvalue weighted by molar-refractivity contribution is -0.118. The van der Waals surface area contributed by atoms with Crippen LogP contribution < -0.4 is 10.6 Å². The molecule has 25 heavy (non-hydrogen) atoms. The number of nitrogens with one attached hydrogen (secondary N) is 2. The van der Waals surface area contributed by atoms with Crippen LogP contribution in [0.3, 0.4) is 0 Å². The number of aryl methyl sites for hydroxylation is 1. The highest BCUT2D eigenvalue weighted by atomic mass is 35.5. The van der Waals surface area contributed by atoms with Gasteiger partial charge >= 0.3 is 0 Å². The predicted octanol–water partition coefficient (Wildman–Crippen LogP) is 4.18. The Kier molecular flexibility index (Phi) is 6.15. The lowest BCUT2D eigenvalue weighted by Gasteiger charge is -2.22. The Morgan fingerprint density at radius 3 is 2.44 bits per heavy atom. The highest BCUT2D eigenvalue weighted by Crippen LogP contribution is 2.18. The molecule has 0 fully saturated rings. The Bertz CT molecular complexity index is 793. The second-order valence-electron chi connectivity index (χ2n) is 6.12. The van der Waals surface area contributed by atoms with Gasteiger partial charge in [-0.05, 0) is 42.7 Å². The summed E-state index contributed by atoms with van der Waals surface area (Å²) >= 11 is 6.03. The van der Waals surface area contributed by atoms with E-state index in [2.05, 4.69) is 10.6 Å². The topological polar surface area (TPSA) is 58.2 Å². The minimum Gasteiger partial charge on any atom is -0.340 e. The van der Waals surface area contributed by atoms with Gasteiger partial charge in [-0.2, -0.15) is 0 Å². The molecule has 1 atom stereocenters. The molecule has 2 aromatic carbocycles. The SMILES string of the molecule is Cc1ccc(F)cc1NC(=O)[C@@H](NC(=O)c1ccccc1Cl)C(C)C. The molecule has 132 valence electrons.